The molecule has 6 aromatic carbocycles. The molecule has 0 radical (unpaired) electrons. The lowest BCUT2D eigenvalue weighted by atomic mass is 9.94. The Bertz CT molecular complexity index is 4430. The first-order valence-electron chi connectivity index (χ1n) is 37.0. The number of aliphatic imine (C=N–C) groups is 2. The Morgan fingerprint density at radius 3 is 1.85 bits per heavy atom. The van der Waals surface area contributed by atoms with Crippen LogP contribution in [0.25, 0.3) is 10.8 Å². The quantitative estimate of drug-likeness (QED) is 0.0207. The molecule has 2 amide bonds. The Hall–Kier alpha value is -8.03. The summed E-state index contributed by atoms with van der Waals surface area (Å²) in [5.74, 6) is 0.947. The minimum Gasteiger partial charge on any atom is -0.465 e. The molecule has 0 saturated carbocycles. The number of fused-ring (bicyclic) bond motifs is 3. The first-order valence-corrected chi connectivity index (χ1v) is 41.4. The lowest BCUT2D eigenvalue weighted by molar-refractivity contribution is -0.118. The van der Waals surface area contributed by atoms with Crippen molar-refractivity contribution in [1.82, 2.24) is 28.1 Å². The van der Waals surface area contributed by atoms with E-state index in [1.54, 1.807) is 57.2 Å². The second-order valence-electron chi connectivity index (χ2n) is 27.3. The number of benzene rings is 6. The summed E-state index contributed by atoms with van der Waals surface area (Å²) in [7, 11) is -10.4. The van der Waals surface area contributed by atoms with E-state index in [4.69, 9.17) is 19.6 Å². The highest BCUT2D eigenvalue weighted by atomic mass is 32.2. The second-order valence-corrected chi connectivity index (χ2v) is 32.8. The summed E-state index contributed by atoms with van der Waals surface area (Å²) in [4.78, 5) is 42.3. The Balaban J connectivity index is 0.000000289. The summed E-state index contributed by atoms with van der Waals surface area (Å²) in [5.41, 5.74) is 5.88. The largest absolute Gasteiger partial charge is 0.465 e. The lowest BCUT2D eigenvalue weighted by Gasteiger charge is -2.36. The highest BCUT2D eigenvalue weighted by Crippen LogP contribution is 2.40. The van der Waals surface area contributed by atoms with Crippen LogP contribution in [0.2, 0.25) is 0 Å². The maximum Gasteiger partial charge on any atom is 0.267 e. The number of nitrogens with one attached hydrogen (secondary N) is 4. The molecular weight excluding hydrogens is 1360 g/mol. The molecule has 0 fully saturated rings. The molecule has 3 heterocycles. The molecular formula is C79H109N11O10S3. The van der Waals surface area contributed by atoms with Crippen LogP contribution in [0.1, 0.15) is 209 Å². The van der Waals surface area contributed by atoms with E-state index in [-0.39, 0.29) is 57.7 Å². The zero-order valence-electron chi connectivity index (χ0n) is 62.3. The van der Waals surface area contributed by atoms with Gasteiger partial charge in [-0.15, -0.1) is 0 Å². The van der Waals surface area contributed by atoms with Crippen LogP contribution >= 0.6 is 0 Å². The van der Waals surface area contributed by atoms with Crippen LogP contribution in [0.4, 0.5) is 28.4 Å². The number of anilines is 3. The Morgan fingerprint density at radius 1 is 0.592 bits per heavy atom. The standard InChI is InChI=1S/C50H67N7O5S.C29H42N4O5S2/c1-9-12-14-15-16-17-21-39(20-13-10-2)32-56-49(53-44-29-40-22-18-19-23-41(40)30-46(44)63(56,59)60)48(57-38(8)52-37(7)55-57)50(58)54-43-31-42(26-25-35(43)5)51-33-61-47(11-3)62-45-27-24-34(4)28-36(45)6;1-4-5-6-7-8-9-10-11-12-15-20-30-39(35,36)24-19-18-23(2)26(21-24)32-29(34)22-28-31-25-16-13-14-17-27(25)40(37,38)33(28)3/h18-19,22-31,39,47-48,51H,9-17,20-21,32-33H2,1-8H3,(H,54,58);13-14,16-19,21,30H,4-12,15,20,22H2,1-3H3,(H,32,34). The zero-order chi connectivity index (χ0) is 74.3. The summed E-state index contributed by atoms with van der Waals surface area (Å²) < 4.78 is 101. The van der Waals surface area contributed by atoms with Crippen LogP contribution in [0.15, 0.2) is 140 Å². The second kappa shape index (κ2) is 38.6. The van der Waals surface area contributed by atoms with Crippen LogP contribution < -0.4 is 25.4 Å². The van der Waals surface area contributed by atoms with E-state index >= 15 is 13.2 Å². The van der Waals surface area contributed by atoms with Crippen LogP contribution in [0, 0.1) is 47.5 Å². The third kappa shape index (κ3) is 22.3. The smallest absolute Gasteiger partial charge is 0.267 e. The molecule has 3 atom stereocenters. The van der Waals surface area contributed by atoms with Gasteiger partial charge in [-0.25, -0.2) is 49.6 Å². The van der Waals surface area contributed by atoms with Gasteiger partial charge >= 0.3 is 0 Å². The number of hydrogen-bond donors (Lipinski definition) is 4. The molecule has 2 aliphatic heterocycles. The number of sulfonamides is 3. The monoisotopic (exact) mass is 1470 g/mol. The van der Waals surface area contributed by atoms with E-state index in [1.165, 1.54) is 110 Å². The molecule has 0 spiro atoms. The van der Waals surface area contributed by atoms with Crippen molar-refractivity contribution in [3.63, 3.8) is 0 Å². The molecule has 7 aromatic rings. The van der Waals surface area contributed by atoms with E-state index < -0.39 is 54.2 Å². The molecule has 4 N–H and O–H groups in total. The fraction of sp³-hybridized carbons (Fsp3) is 0.494. The average molecular weight is 1470 g/mol. The molecule has 2 aliphatic rings. The highest BCUT2D eigenvalue weighted by Gasteiger charge is 2.43. The normalized spacial score (nSPS) is 14.7. The number of para-hydroxylation sites is 1. The summed E-state index contributed by atoms with van der Waals surface area (Å²) in [5, 5.41) is 15.5. The number of hydrogen-bond acceptors (Lipinski definition) is 15. The van der Waals surface area contributed by atoms with E-state index in [0.29, 0.717) is 47.2 Å². The number of aromatic nitrogens is 3. The number of amides is 2. The van der Waals surface area contributed by atoms with Gasteiger partial charge < -0.3 is 25.4 Å². The number of ether oxygens (including phenoxy) is 2. The van der Waals surface area contributed by atoms with Gasteiger partial charge in [0.1, 0.15) is 39.8 Å². The van der Waals surface area contributed by atoms with Gasteiger partial charge in [0.05, 0.1) is 22.7 Å². The van der Waals surface area contributed by atoms with Crippen molar-refractivity contribution in [1.29, 1.82) is 0 Å². The van der Waals surface area contributed by atoms with E-state index in [9.17, 15) is 21.6 Å². The van der Waals surface area contributed by atoms with Crippen molar-refractivity contribution in [3.8, 4) is 5.75 Å². The van der Waals surface area contributed by atoms with E-state index in [1.807, 2.05) is 75.4 Å². The topological polar surface area (TPSA) is 265 Å². The van der Waals surface area contributed by atoms with Gasteiger partial charge in [-0.1, -0.05) is 203 Å². The van der Waals surface area contributed by atoms with Gasteiger partial charge in [-0.2, -0.15) is 5.10 Å². The van der Waals surface area contributed by atoms with Gasteiger partial charge in [0.2, 0.25) is 22.2 Å². The van der Waals surface area contributed by atoms with Crippen molar-refractivity contribution in [3.05, 3.63) is 149 Å². The molecule has 103 heavy (non-hydrogen) atoms. The molecule has 21 nitrogen and oxygen atoms in total. The summed E-state index contributed by atoms with van der Waals surface area (Å²) in [6.07, 6.45) is 22.2. The van der Waals surface area contributed by atoms with Gasteiger partial charge in [0.25, 0.3) is 26.0 Å². The average Bonchev–Trinajstić information content (AvgIpc) is 1.49. The number of unbranched alkanes of at least 4 members (excludes halogenated alkanes) is 15. The van der Waals surface area contributed by atoms with Gasteiger partial charge in [-0.05, 0) is 149 Å². The third-order valence-electron chi connectivity index (χ3n) is 18.9. The Labute approximate surface area is 612 Å². The van der Waals surface area contributed by atoms with Crippen LogP contribution in [-0.2, 0) is 44.4 Å². The molecule has 9 rings (SSSR count). The minimum atomic E-state index is -4.18. The third-order valence-corrected chi connectivity index (χ3v) is 24.0. The molecule has 0 saturated heterocycles. The predicted molar refractivity (Wildman–Crippen MR) is 414 cm³/mol. The molecule has 558 valence electrons. The van der Waals surface area contributed by atoms with Gasteiger partial charge in [0, 0.05) is 43.6 Å². The fourth-order valence-electron chi connectivity index (χ4n) is 12.8. The number of amidine groups is 2. The summed E-state index contributed by atoms with van der Waals surface area (Å²) in [6, 6.07) is 32.6. The maximum absolute atomic E-state index is 15.2. The highest BCUT2D eigenvalue weighted by molar-refractivity contribution is 7.90. The number of nitrogens with zero attached hydrogens (tertiary/aromatic N) is 7. The molecule has 3 unspecified atom stereocenters. The fourth-order valence-corrected chi connectivity index (χ4v) is 16.9. The SMILES string of the molecule is CCCCCCCCC(CCCC)CN1C(C(C(=O)Nc2cc(NCOC(CC)Oc3ccc(C)cc3C)ccc2C)n2nc(C)nc2C)=Nc2cc3ccccc3cc2S1(=O)=O.CCCCCCCCCCCCNS(=O)(=O)c1ccc(C)c(NC(=O)CC2=Nc3ccccc3S(=O)(=O)N2C)c1. The van der Waals surface area contributed by atoms with Gasteiger partial charge in [-0.3, -0.25) is 18.2 Å². The van der Waals surface area contributed by atoms with E-state index in [0.717, 1.165) is 95.4 Å². The van der Waals surface area contributed by atoms with Gasteiger partial charge in [0.15, 0.2) is 11.9 Å². The number of rotatable bonds is 39. The molecule has 0 aliphatic carbocycles. The van der Waals surface area contributed by atoms with Crippen molar-refractivity contribution < 1.29 is 44.3 Å². The van der Waals surface area contributed by atoms with Crippen LogP contribution in [0.5, 0.6) is 5.75 Å². The zero-order valence-corrected chi connectivity index (χ0v) is 64.8. The lowest BCUT2D eigenvalue weighted by Crippen LogP contribution is -2.49. The maximum atomic E-state index is 15.2. The summed E-state index contributed by atoms with van der Waals surface area (Å²) >= 11 is 0. The van der Waals surface area contributed by atoms with E-state index in [2.05, 4.69) is 64.4 Å². The summed E-state index contributed by atoms with van der Waals surface area (Å²) in [6.45, 7) is 20.6. The molecule has 0 bridgehead atoms. The first kappa shape index (κ1) is 80.7. The Kier molecular flexibility index (Phi) is 30.3. The first-order chi connectivity index (χ1) is 49.4. The van der Waals surface area contributed by atoms with Crippen LogP contribution in [0.3, 0.4) is 0 Å². The van der Waals surface area contributed by atoms with Crippen molar-refractivity contribution in [2.45, 2.75) is 238 Å². The number of carbonyl (C=O) groups excluding carboxylic acids is 2. The predicted octanol–water partition coefficient (Wildman–Crippen LogP) is 17.5. The van der Waals surface area contributed by atoms with Crippen molar-refractivity contribution in [2.24, 2.45) is 15.9 Å². The van der Waals surface area contributed by atoms with Crippen molar-refractivity contribution in [2.75, 3.05) is 42.8 Å². The van der Waals surface area contributed by atoms with Crippen LogP contribution in [-0.4, -0.2) is 105 Å². The molecule has 1 aromatic heterocycles. The minimum absolute atomic E-state index is 0.0594. The number of aryl methyl sites for hydroxylation is 6. The molecule has 24 heteroatoms. The van der Waals surface area contributed by atoms with Crippen molar-refractivity contribution >= 4 is 92.8 Å². The Morgan fingerprint density at radius 2 is 1.20 bits per heavy atom. The number of carbonyl (C=O) groups is 2.